The van der Waals surface area contributed by atoms with Gasteiger partial charge < -0.3 is 10.0 Å². The van der Waals surface area contributed by atoms with Gasteiger partial charge in [0.15, 0.2) is 0 Å². The zero-order valence-corrected chi connectivity index (χ0v) is 13.6. The monoisotopic (exact) mass is 324 g/mol. The van der Waals surface area contributed by atoms with E-state index in [9.17, 15) is 9.59 Å². The standard InChI is InChI=1S/C19H20N2O3/c1-13(15-7-8-15)21(12-14-5-3-2-4-6-14)18(22)16-9-10-17(19(23)24)20-11-16/h2-6,9-11,13,15H,7-8,12H2,1H3,(H,23,24). The summed E-state index contributed by atoms with van der Waals surface area (Å²) >= 11 is 0. The van der Waals surface area contributed by atoms with Crippen molar-refractivity contribution in [2.24, 2.45) is 5.92 Å². The van der Waals surface area contributed by atoms with Crippen LogP contribution < -0.4 is 0 Å². The molecule has 1 aromatic heterocycles. The van der Waals surface area contributed by atoms with Crippen molar-refractivity contribution in [1.82, 2.24) is 9.88 Å². The van der Waals surface area contributed by atoms with Gasteiger partial charge in [0.2, 0.25) is 0 Å². The highest BCUT2D eigenvalue weighted by Crippen LogP contribution is 2.36. The smallest absolute Gasteiger partial charge is 0.354 e. The lowest BCUT2D eigenvalue weighted by Gasteiger charge is -2.29. The molecule has 1 aliphatic rings. The van der Waals surface area contributed by atoms with Gasteiger partial charge in [-0.1, -0.05) is 30.3 Å². The summed E-state index contributed by atoms with van der Waals surface area (Å²) < 4.78 is 0. The third-order valence-electron chi connectivity index (χ3n) is 4.48. The highest BCUT2D eigenvalue weighted by molar-refractivity contribution is 5.95. The molecule has 1 unspecified atom stereocenters. The fraction of sp³-hybridized carbons (Fsp3) is 0.316. The maximum atomic E-state index is 12.9. The molecule has 3 rings (SSSR count). The molecule has 1 saturated carbocycles. The first-order chi connectivity index (χ1) is 11.6. The number of aromatic carboxylic acids is 1. The van der Waals surface area contributed by atoms with Crippen molar-refractivity contribution in [2.75, 3.05) is 0 Å². The average molecular weight is 324 g/mol. The van der Waals surface area contributed by atoms with Gasteiger partial charge in [-0.3, -0.25) is 4.79 Å². The Hall–Kier alpha value is -2.69. The van der Waals surface area contributed by atoms with Crippen molar-refractivity contribution in [2.45, 2.75) is 32.4 Å². The van der Waals surface area contributed by atoms with Gasteiger partial charge in [-0.05, 0) is 43.4 Å². The third kappa shape index (κ3) is 3.62. The molecule has 1 atom stereocenters. The van der Waals surface area contributed by atoms with Gasteiger partial charge in [0.25, 0.3) is 5.91 Å². The van der Waals surface area contributed by atoms with Crippen LogP contribution in [0.5, 0.6) is 0 Å². The number of pyridine rings is 1. The highest BCUT2D eigenvalue weighted by Gasteiger charge is 2.34. The molecule has 1 heterocycles. The summed E-state index contributed by atoms with van der Waals surface area (Å²) in [6.45, 7) is 2.62. The minimum absolute atomic E-state index is 0.0589. The number of amides is 1. The van der Waals surface area contributed by atoms with E-state index in [2.05, 4.69) is 11.9 Å². The lowest BCUT2D eigenvalue weighted by molar-refractivity contribution is 0.0648. The molecule has 0 spiro atoms. The summed E-state index contributed by atoms with van der Waals surface area (Å²) in [5.41, 5.74) is 1.44. The van der Waals surface area contributed by atoms with Gasteiger partial charge in [-0.15, -0.1) is 0 Å². The van der Waals surface area contributed by atoms with Gasteiger partial charge in [0.05, 0.1) is 5.56 Å². The maximum absolute atomic E-state index is 12.9. The van der Waals surface area contributed by atoms with Crippen molar-refractivity contribution in [3.63, 3.8) is 0 Å². The van der Waals surface area contributed by atoms with Gasteiger partial charge in [-0.2, -0.15) is 0 Å². The van der Waals surface area contributed by atoms with Crippen LogP contribution in [-0.2, 0) is 6.54 Å². The molecule has 1 aliphatic carbocycles. The van der Waals surface area contributed by atoms with Crippen molar-refractivity contribution in [3.05, 3.63) is 65.5 Å². The summed E-state index contributed by atoms with van der Waals surface area (Å²) in [5.74, 6) is -0.659. The number of carboxylic acids is 1. The van der Waals surface area contributed by atoms with Crippen molar-refractivity contribution in [3.8, 4) is 0 Å². The fourth-order valence-electron chi connectivity index (χ4n) is 2.83. The van der Waals surface area contributed by atoms with E-state index in [1.807, 2.05) is 35.2 Å². The van der Waals surface area contributed by atoms with Gasteiger partial charge >= 0.3 is 5.97 Å². The summed E-state index contributed by atoms with van der Waals surface area (Å²) in [6, 6.07) is 12.9. The minimum atomic E-state index is -1.10. The van der Waals surface area contributed by atoms with Crippen LogP contribution in [0.4, 0.5) is 0 Å². The predicted molar refractivity (Wildman–Crippen MR) is 89.7 cm³/mol. The van der Waals surface area contributed by atoms with Gasteiger partial charge in [-0.25, -0.2) is 9.78 Å². The summed E-state index contributed by atoms with van der Waals surface area (Å²) in [4.78, 5) is 29.6. The Morgan fingerprint density at radius 2 is 1.92 bits per heavy atom. The van der Waals surface area contributed by atoms with Crippen molar-refractivity contribution in [1.29, 1.82) is 0 Å². The first-order valence-corrected chi connectivity index (χ1v) is 8.10. The largest absolute Gasteiger partial charge is 0.477 e. The fourth-order valence-corrected chi connectivity index (χ4v) is 2.83. The molecule has 0 saturated heterocycles. The van der Waals surface area contributed by atoms with Gasteiger partial charge in [0.1, 0.15) is 5.69 Å². The molecule has 1 aromatic carbocycles. The van der Waals surface area contributed by atoms with Crippen molar-refractivity contribution < 1.29 is 14.7 Å². The molecular weight excluding hydrogens is 304 g/mol. The number of rotatable bonds is 6. The molecule has 124 valence electrons. The molecule has 5 nitrogen and oxygen atoms in total. The molecule has 1 fully saturated rings. The average Bonchev–Trinajstić information content (AvgIpc) is 3.44. The molecule has 1 N–H and O–H groups in total. The molecule has 24 heavy (non-hydrogen) atoms. The first kappa shape index (κ1) is 16.2. The van der Waals surface area contributed by atoms with Crippen LogP contribution in [0.15, 0.2) is 48.7 Å². The topological polar surface area (TPSA) is 70.5 Å². The number of aromatic nitrogens is 1. The van der Waals surface area contributed by atoms with E-state index in [1.165, 1.54) is 18.3 Å². The third-order valence-corrected chi connectivity index (χ3v) is 4.48. The number of benzene rings is 1. The molecule has 5 heteroatoms. The second-order valence-corrected chi connectivity index (χ2v) is 6.23. The second kappa shape index (κ2) is 6.83. The Balaban J connectivity index is 1.83. The summed E-state index contributed by atoms with van der Waals surface area (Å²) in [6.07, 6.45) is 3.65. The number of nitrogens with zero attached hydrogens (tertiary/aromatic N) is 2. The Labute approximate surface area is 140 Å². The zero-order chi connectivity index (χ0) is 17.1. The molecule has 0 radical (unpaired) electrons. The van der Waals surface area contributed by atoms with Crippen LogP contribution in [0.25, 0.3) is 0 Å². The van der Waals surface area contributed by atoms with Crippen molar-refractivity contribution >= 4 is 11.9 Å². The Bertz CT molecular complexity index is 724. The summed E-state index contributed by atoms with van der Waals surface area (Å²) in [7, 11) is 0. The normalized spacial score (nSPS) is 14.9. The number of hydrogen-bond acceptors (Lipinski definition) is 3. The van der Waals surface area contributed by atoms with E-state index in [1.54, 1.807) is 0 Å². The number of carboxylic acid groups (broad SMARTS) is 1. The quantitative estimate of drug-likeness (QED) is 0.885. The Morgan fingerprint density at radius 1 is 1.21 bits per heavy atom. The molecule has 0 aliphatic heterocycles. The Kier molecular flexibility index (Phi) is 4.60. The lowest BCUT2D eigenvalue weighted by Crippen LogP contribution is -2.39. The van der Waals surface area contributed by atoms with Crippen LogP contribution in [0.2, 0.25) is 0 Å². The molecule has 0 bridgehead atoms. The van der Waals surface area contributed by atoms with E-state index in [-0.39, 0.29) is 17.6 Å². The van der Waals surface area contributed by atoms with E-state index in [0.717, 1.165) is 18.4 Å². The first-order valence-electron chi connectivity index (χ1n) is 8.10. The molecule has 1 amide bonds. The van der Waals surface area contributed by atoms with Crippen LogP contribution >= 0.6 is 0 Å². The highest BCUT2D eigenvalue weighted by atomic mass is 16.4. The summed E-state index contributed by atoms with van der Waals surface area (Å²) in [5, 5.41) is 8.93. The minimum Gasteiger partial charge on any atom is -0.477 e. The molecule has 2 aromatic rings. The van der Waals surface area contributed by atoms with E-state index < -0.39 is 5.97 Å². The van der Waals surface area contributed by atoms with E-state index in [4.69, 9.17) is 5.11 Å². The van der Waals surface area contributed by atoms with Gasteiger partial charge in [0, 0.05) is 18.8 Å². The maximum Gasteiger partial charge on any atom is 0.354 e. The number of hydrogen-bond donors (Lipinski definition) is 1. The lowest BCUT2D eigenvalue weighted by atomic mass is 10.1. The second-order valence-electron chi connectivity index (χ2n) is 6.23. The molecular formula is C19H20N2O3. The number of carbonyl (C=O) groups excluding carboxylic acids is 1. The van der Waals surface area contributed by atoms with Crippen LogP contribution in [0.3, 0.4) is 0 Å². The van der Waals surface area contributed by atoms with Crippen LogP contribution in [0, 0.1) is 5.92 Å². The zero-order valence-electron chi connectivity index (χ0n) is 13.6. The SMILES string of the molecule is CC(C1CC1)N(Cc1ccccc1)C(=O)c1ccc(C(=O)O)nc1. The van der Waals surface area contributed by atoms with Crippen LogP contribution in [-0.4, -0.2) is 32.9 Å². The predicted octanol–water partition coefficient (Wildman–Crippen LogP) is 3.22. The van der Waals surface area contributed by atoms with Crippen LogP contribution in [0.1, 0.15) is 46.2 Å². The van der Waals surface area contributed by atoms with E-state index in [0.29, 0.717) is 18.0 Å². The van der Waals surface area contributed by atoms with E-state index >= 15 is 0 Å². The Morgan fingerprint density at radius 3 is 2.46 bits per heavy atom. The number of carbonyl (C=O) groups is 2.